The highest BCUT2D eigenvalue weighted by Gasteiger charge is 2.36. The molecular formula is C25H32N2O4. The second kappa shape index (κ2) is 10.2. The second-order valence-electron chi connectivity index (χ2n) is 8.38. The van der Waals surface area contributed by atoms with Crippen LogP contribution < -0.4 is 9.47 Å². The summed E-state index contributed by atoms with van der Waals surface area (Å²) in [4.78, 5) is 17.6. The third-order valence-corrected chi connectivity index (χ3v) is 6.37. The average Bonchev–Trinajstić information content (AvgIpc) is 3.01. The van der Waals surface area contributed by atoms with E-state index in [1.807, 2.05) is 23.1 Å². The lowest BCUT2D eigenvalue weighted by molar-refractivity contribution is -0.133. The van der Waals surface area contributed by atoms with Crippen molar-refractivity contribution in [2.45, 2.75) is 25.4 Å². The van der Waals surface area contributed by atoms with Gasteiger partial charge in [-0.2, -0.15) is 0 Å². The second-order valence-corrected chi connectivity index (χ2v) is 8.38. The molecule has 0 radical (unpaired) electrons. The predicted molar refractivity (Wildman–Crippen MR) is 119 cm³/mol. The molecule has 2 heterocycles. The first-order valence-corrected chi connectivity index (χ1v) is 11.0. The number of hydrogen-bond donors (Lipinski definition) is 0. The molecule has 0 aliphatic carbocycles. The number of nitrogens with zero attached hydrogens (tertiary/aromatic N) is 2. The van der Waals surface area contributed by atoms with Gasteiger partial charge >= 0.3 is 0 Å². The minimum absolute atomic E-state index is 0.146. The number of amides is 1. The Morgan fingerprint density at radius 3 is 2.48 bits per heavy atom. The monoisotopic (exact) mass is 424 g/mol. The van der Waals surface area contributed by atoms with Gasteiger partial charge in [0, 0.05) is 44.2 Å². The molecule has 0 bridgehead atoms. The van der Waals surface area contributed by atoms with E-state index in [0.717, 1.165) is 44.8 Å². The first-order valence-electron chi connectivity index (χ1n) is 11.0. The zero-order valence-corrected chi connectivity index (χ0v) is 18.5. The van der Waals surface area contributed by atoms with E-state index >= 15 is 0 Å². The van der Waals surface area contributed by atoms with Crippen molar-refractivity contribution in [3.05, 3.63) is 59.7 Å². The van der Waals surface area contributed by atoms with Gasteiger partial charge < -0.3 is 19.1 Å². The molecule has 2 aliphatic rings. The lowest BCUT2D eigenvalue weighted by Crippen LogP contribution is -2.52. The van der Waals surface area contributed by atoms with Crippen LogP contribution >= 0.6 is 0 Å². The van der Waals surface area contributed by atoms with Gasteiger partial charge in [-0.25, -0.2) is 0 Å². The number of ether oxygens (including phenoxy) is 3. The molecule has 2 fully saturated rings. The van der Waals surface area contributed by atoms with Crippen molar-refractivity contribution in [3.63, 3.8) is 0 Å². The molecule has 2 aromatic rings. The number of likely N-dealkylation sites (tertiary alicyclic amines) is 1. The van der Waals surface area contributed by atoms with Gasteiger partial charge in [0.1, 0.15) is 11.5 Å². The molecule has 4 rings (SSSR count). The van der Waals surface area contributed by atoms with E-state index in [1.54, 1.807) is 14.2 Å². The molecule has 6 heteroatoms. The summed E-state index contributed by atoms with van der Waals surface area (Å²) in [5, 5.41) is 0. The first-order chi connectivity index (χ1) is 15.2. The Balaban J connectivity index is 1.41. The number of benzene rings is 2. The Labute approximate surface area is 184 Å². The lowest BCUT2D eigenvalue weighted by Gasteiger charge is -2.42. The topological polar surface area (TPSA) is 51.2 Å². The summed E-state index contributed by atoms with van der Waals surface area (Å²) < 4.78 is 16.6. The van der Waals surface area contributed by atoms with Gasteiger partial charge in [0.15, 0.2) is 0 Å². The lowest BCUT2D eigenvalue weighted by atomic mass is 9.90. The fourth-order valence-corrected chi connectivity index (χ4v) is 4.74. The zero-order valence-electron chi connectivity index (χ0n) is 18.5. The molecule has 0 unspecified atom stereocenters. The van der Waals surface area contributed by atoms with Crippen molar-refractivity contribution in [1.29, 1.82) is 0 Å². The number of fused-ring (bicyclic) bond motifs is 1. The quantitative estimate of drug-likeness (QED) is 0.714. The van der Waals surface area contributed by atoms with Crippen LogP contribution in [0, 0.1) is 5.92 Å². The number of carbonyl (C=O) groups excluding carboxylic acids is 1. The first kappa shape index (κ1) is 21.7. The Morgan fingerprint density at radius 2 is 1.77 bits per heavy atom. The molecule has 0 N–H and O–H groups in total. The van der Waals surface area contributed by atoms with Gasteiger partial charge in [0.2, 0.25) is 5.91 Å². The molecule has 6 nitrogen and oxygen atoms in total. The van der Waals surface area contributed by atoms with Crippen molar-refractivity contribution in [3.8, 4) is 11.5 Å². The number of carbonyl (C=O) groups is 1. The maximum atomic E-state index is 13.1. The van der Waals surface area contributed by atoms with E-state index in [2.05, 4.69) is 35.2 Å². The maximum Gasteiger partial charge on any atom is 0.227 e. The van der Waals surface area contributed by atoms with Gasteiger partial charge in [-0.05, 0) is 29.7 Å². The zero-order chi connectivity index (χ0) is 21.6. The molecule has 0 saturated carbocycles. The van der Waals surface area contributed by atoms with Crippen LogP contribution in [0.2, 0.25) is 0 Å². The van der Waals surface area contributed by atoms with E-state index in [4.69, 9.17) is 14.2 Å². The van der Waals surface area contributed by atoms with Crippen molar-refractivity contribution in [2.75, 3.05) is 47.1 Å². The molecule has 2 aliphatic heterocycles. The summed E-state index contributed by atoms with van der Waals surface area (Å²) in [7, 11) is 3.25. The Morgan fingerprint density at radius 1 is 1.03 bits per heavy atom. The van der Waals surface area contributed by atoms with E-state index < -0.39 is 0 Å². The van der Waals surface area contributed by atoms with E-state index in [1.165, 1.54) is 5.56 Å². The fourth-order valence-electron chi connectivity index (χ4n) is 4.74. The normalized spacial score (nSPS) is 21.8. The molecule has 0 aromatic heterocycles. The maximum absolute atomic E-state index is 13.1. The van der Waals surface area contributed by atoms with Crippen LogP contribution in [-0.2, 0) is 22.5 Å². The van der Waals surface area contributed by atoms with Crippen molar-refractivity contribution >= 4 is 5.91 Å². The van der Waals surface area contributed by atoms with E-state index in [9.17, 15) is 4.79 Å². The van der Waals surface area contributed by atoms with Crippen LogP contribution in [0.25, 0.3) is 0 Å². The SMILES string of the molecule is COc1cc(CC(=O)N2CC[C@@H]3[C@@H](COCCN3Cc3ccccc3)C2)cc(OC)c1. The van der Waals surface area contributed by atoms with Crippen molar-refractivity contribution in [2.24, 2.45) is 5.92 Å². The number of methoxy groups -OCH3 is 2. The van der Waals surface area contributed by atoms with Gasteiger partial charge in [-0.15, -0.1) is 0 Å². The molecular weight excluding hydrogens is 392 g/mol. The number of piperidine rings is 1. The van der Waals surface area contributed by atoms with Gasteiger partial charge in [-0.1, -0.05) is 30.3 Å². The molecule has 2 aromatic carbocycles. The summed E-state index contributed by atoms with van der Waals surface area (Å²) in [6.07, 6.45) is 1.33. The minimum Gasteiger partial charge on any atom is -0.497 e. The smallest absolute Gasteiger partial charge is 0.227 e. The van der Waals surface area contributed by atoms with Gasteiger partial charge in [0.05, 0.1) is 33.9 Å². The van der Waals surface area contributed by atoms with Crippen LogP contribution in [0.5, 0.6) is 11.5 Å². The fraction of sp³-hybridized carbons (Fsp3) is 0.480. The highest BCUT2D eigenvalue weighted by atomic mass is 16.5. The molecule has 2 saturated heterocycles. The Hall–Kier alpha value is -2.57. The summed E-state index contributed by atoms with van der Waals surface area (Å²) in [5.41, 5.74) is 2.24. The average molecular weight is 425 g/mol. The Bertz CT molecular complexity index is 851. The van der Waals surface area contributed by atoms with Crippen LogP contribution in [0.1, 0.15) is 17.5 Å². The summed E-state index contributed by atoms with van der Waals surface area (Å²) >= 11 is 0. The summed E-state index contributed by atoms with van der Waals surface area (Å²) in [5.74, 6) is 1.89. The highest BCUT2D eigenvalue weighted by molar-refractivity contribution is 5.79. The molecule has 2 atom stereocenters. The third kappa shape index (κ3) is 5.38. The summed E-state index contributed by atoms with van der Waals surface area (Å²) in [6, 6.07) is 16.7. The minimum atomic E-state index is 0.146. The van der Waals surface area contributed by atoms with Gasteiger partial charge in [0.25, 0.3) is 0 Å². The number of rotatable bonds is 6. The Kier molecular flexibility index (Phi) is 7.10. The standard InChI is InChI=1S/C25H32N2O4/c1-29-22-12-20(13-23(15-22)30-2)14-25(28)27-9-8-24-21(17-27)18-31-11-10-26(24)16-19-6-4-3-5-7-19/h3-7,12-13,15,21,24H,8-11,14,16-18H2,1-2H3/t21-,24-/m1/s1. The summed E-state index contributed by atoms with van der Waals surface area (Å²) in [6.45, 7) is 4.86. The van der Waals surface area contributed by atoms with Crippen LogP contribution in [-0.4, -0.2) is 68.8 Å². The molecule has 31 heavy (non-hydrogen) atoms. The predicted octanol–water partition coefficient (Wildman–Crippen LogP) is 3.00. The largest absolute Gasteiger partial charge is 0.497 e. The number of hydrogen-bond acceptors (Lipinski definition) is 5. The molecule has 0 spiro atoms. The van der Waals surface area contributed by atoms with E-state index in [-0.39, 0.29) is 5.91 Å². The van der Waals surface area contributed by atoms with Crippen LogP contribution in [0.3, 0.4) is 0 Å². The van der Waals surface area contributed by atoms with Crippen LogP contribution in [0.15, 0.2) is 48.5 Å². The van der Waals surface area contributed by atoms with Crippen molar-refractivity contribution in [1.82, 2.24) is 9.80 Å². The van der Waals surface area contributed by atoms with E-state index in [0.29, 0.717) is 36.5 Å². The highest BCUT2D eigenvalue weighted by Crippen LogP contribution is 2.28. The molecule has 166 valence electrons. The van der Waals surface area contributed by atoms with Gasteiger partial charge in [-0.3, -0.25) is 9.69 Å². The van der Waals surface area contributed by atoms with Crippen molar-refractivity contribution < 1.29 is 19.0 Å². The third-order valence-electron chi connectivity index (χ3n) is 6.37. The molecule has 1 amide bonds. The van der Waals surface area contributed by atoms with Crippen LogP contribution in [0.4, 0.5) is 0 Å².